The first-order valence-corrected chi connectivity index (χ1v) is 7.67. The number of nitrogens with one attached hydrogen (secondary N) is 1. The molecule has 0 fully saturated rings. The Hall–Kier alpha value is -0.840. The van der Waals surface area contributed by atoms with E-state index in [2.05, 4.69) is 39.7 Å². The minimum absolute atomic E-state index is 0.207. The van der Waals surface area contributed by atoms with E-state index in [0.29, 0.717) is 38.2 Å². The second-order valence-corrected chi connectivity index (χ2v) is 6.60. The van der Waals surface area contributed by atoms with Gasteiger partial charge in [0, 0.05) is 15.6 Å². The van der Waals surface area contributed by atoms with Gasteiger partial charge in [-0.2, -0.15) is 0 Å². The molecule has 1 heterocycles. The van der Waals surface area contributed by atoms with Crippen molar-refractivity contribution in [3.63, 3.8) is 0 Å². The van der Waals surface area contributed by atoms with Gasteiger partial charge in [-0.15, -0.1) is 0 Å². The zero-order chi connectivity index (χ0) is 14.9. The molecule has 2 aromatic rings. The molecule has 0 unspecified atom stereocenters. The lowest BCUT2D eigenvalue weighted by Crippen LogP contribution is -2.15. The summed E-state index contributed by atoms with van der Waals surface area (Å²) in [5, 5.41) is 1.01. The van der Waals surface area contributed by atoms with Gasteiger partial charge in [-0.1, -0.05) is 37.0 Å². The third kappa shape index (κ3) is 3.62. The Bertz CT molecular complexity index is 678. The van der Waals surface area contributed by atoms with E-state index in [1.165, 1.54) is 0 Å². The Morgan fingerprint density at radius 2 is 1.85 bits per heavy atom. The van der Waals surface area contributed by atoms with Gasteiger partial charge in [-0.05, 0) is 46.5 Å². The van der Waals surface area contributed by atoms with Crippen LogP contribution in [0.3, 0.4) is 0 Å². The largest absolute Gasteiger partial charge is 0.306 e. The Balaban J connectivity index is 2.57. The van der Waals surface area contributed by atoms with E-state index in [-0.39, 0.29) is 5.56 Å². The fraction of sp³-hybridized carbons (Fsp3) is 0.286. The van der Waals surface area contributed by atoms with Crippen LogP contribution in [0, 0.1) is 5.92 Å². The summed E-state index contributed by atoms with van der Waals surface area (Å²) >= 11 is 15.2. The van der Waals surface area contributed by atoms with Crippen molar-refractivity contribution in [2.75, 3.05) is 0 Å². The van der Waals surface area contributed by atoms with Gasteiger partial charge in [0.2, 0.25) is 0 Å². The van der Waals surface area contributed by atoms with E-state index in [1.807, 2.05) is 0 Å². The van der Waals surface area contributed by atoms with E-state index in [9.17, 15) is 4.79 Å². The molecule has 0 saturated carbocycles. The number of hydrogen-bond acceptors (Lipinski definition) is 2. The molecule has 1 N–H and O–H groups in total. The highest BCUT2D eigenvalue weighted by atomic mass is 79.9. The molecule has 0 bridgehead atoms. The zero-order valence-corrected chi connectivity index (χ0v) is 14.1. The minimum Gasteiger partial charge on any atom is -0.306 e. The Morgan fingerprint density at radius 1 is 1.25 bits per heavy atom. The fourth-order valence-corrected chi connectivity index (χ4v) is 2.73. The number of halogens is 3. The molecule has 1 aromatic carbocycles. The lowest BCUT2D eigenvalue weighted by atomic mass is 10.1. The topological polar surface area (TPSA) is 45.8 Å². The van der Waals surface area contributed by atoms with E-state index < -0.39 is 0 Å². The first-order chi connectivity index (χ1) is 9.36. The van der Waals surface area contributed by atoms with Crippen molar-refractivity contribution in [3.8, 4) is 11.4 Å². The van der Waals surface area contributed by atoms with Crippen molar-refractivity contribution < 1.29 is 0 Å². The molecule has 0 atom stereocenters. The predicted molar refractivity (Wildman–Crippen MR) is 86.6 cm³/mol. The van der Waals surface area contributed by atoms with Crippen LogP contribution in [0.4, 0.5) is 0 Å². The van der Waals surface area contributed by atoms with Crippen LogP contribution in [0.15, 0.2) is 27.5 Å². The molecule has 0 aliphatic rings. The van der Waals surface area contributed by atoms with Crippen LogP contribution in [0.25, 0.3) is 11.4 Å². The minimum atomic E-state index is -0.207. The first-order valence-electron chi connectivity index (χ1n) is 6.12. The standard InChI is InChI=1S/C14H13BrCl2N2O/c1-7(2)3-11-12(15)14(20)19-13(18-11)8-4-9(16)6-10(17)5-8/h4-7H,3H2,1-2H3,(H,18,19,20). The van der Waals surface area contributed by atoms with Gasteiger partial charge in [0.1, 0.15) is 10.3 Å². The maximum absolute atomic E-state index is 12.0. The SMILES string of the molecule is CC(C)Cc1nc(-c2cc(Cl)cc(Cl)c2)[nH]c(=O)c1Br. The molecule has 0 spiro atoms. The molecule has 3 nitrogen and oxygen atoms in total. The van der Waals surface area contributed by atoms with Crippen LogP contribution in [-0.4, -0.2) is 9.97 Å². The zero-order valence-electron chi connectivity index (χ0n) is 11.0. The number of benzene rings is 1. The molecule has 0 radical (unpaired) electrons. The van der Waals surface area contributed by atoms with Crippen LogP contribution in [-0.2, 0) is 6.42 Å². The summed E-state index contributed by atoms with van der Waals surface area (Å²) in [6, 6.07) is 5.08. The van der Waals surface area contributed by atoms with Crippen LogP contribution in [0.5, 0.6) is 0 Å². The monoisotopic (exact) mass is 374 g/mol. The highest BCUT2D eigenvalue weighted by Crippen LogP contribution is 2.25. The average Bonchev–Trinajstić information content (AvgIpc) is 2.32. The summed E-state index contributed by atoms with van der Waals surface area (Å²) in [5.74, 6) is 0.870. The Kier molecular flexibility index (Phi) is 4.89. The Labute approximate surface area is 135 Å². The maximum Gasteiger partial charge on any atom is 0.265 e. The van der Waals surface area contributed by atoms with Crippen LogP contribution >= 0.6 is 39.1 Å². The van der Waals surface area contributed by atoms with Crippen LogP contribution in [0.1, 0.15) is 19.5 Å². The van der Waals surface area contributed by atoms with Crippen LogP contribution < -0.4 is 5.56 Å². The van der Waals surface area contributed by atoms with E-state index >= 15 is 0 Å². The molecular weight excluding hydrogens is 363 g/mol. The quantitative estimate of drug-likeness (QED) is 0.844. The first kappa shape index (κ1) is 15.5. The maximum atomic E-state index is 12.0. The lowest BCUT2D eigenvalue weighted by molar-refractivity contribution is 0.631. The molecule has 0 aliphatic heterocycles. The second-order valence-electron chi connectivity index (χ2n) is 4.93. The van der Waals surface area contributed by atoms with Crippen molar-refractivity contribution in [1.29, 1.82) is 0 Å². The van der Waals surface area contributed by atoms with Crippen molar-refractivity contribution in [2.24, 2.45) is 5.92 Å². The normalized spacial score (nSPS) is 11.1. The second kappa shape index (κ2) is 6.29. The highest BCUT2D eigenvalue weighted by Gasteiger charge is 2.12. The molecule has 0 amide bonds. The van der Waals surface area contributed by atoms with Crippen molar-refractivity contribution in [2.45, 2.75) is 20.3 Å². The third-order valence-corrected chi connectivity index (χ3v) is 3.92. The molecule has 1 aromatic heterocycles. The van der Waals surface area contributed by atoms with Gasteiger partial charge < -0.3 is 4.98 Å². The van der Waals surface area contributed by atoms with Gasteiger partial charge in [0.15, 0.2) is 0 Å². The number of aromatic amines is 1. The van der Waals surface area contributed by atoms with Gasteiger partial charge in [0.25, 0.3) is 5.56 Å². The average molecular weight is 376 g/mol. The summed E-state index contributed by atoms with van der Waals surface area (Å²) < 4.78 is 0.475. The molecule has 2 rings (SSSR count). The number of rotatable bonds is 3. The Morgan fingerprint density at radius 3 is 2.40 bits per heavy atom. The summed E-state index contributed by atoms with van der Waals surface area (Å²) in [5.41, 5.74) is 1.22. The number of hydrogen-bond donors (Lipinski definition) is 1. The highest BCUT2D eigenvalue weighted by molar-refractivity contribution is 9.10. The van der Waals surface area contributed by atoms with E-state index in [1.54, 1.807) is 18.2 Å². The predicted octanol–water partition coefficient (Wildman–Crippen LogP) is 4.70. The molecule has 6 heteroatoms. The third-order valence-electron chi connectivity index (χ3n) is 2.67. The summed E-state index contributed by atoms with van der Waals surface area (Å²) in [4.78, 5) is 19.2. The molecule has 0 saturated heterocycles. The number of aromatic nitrogens is 2. The molecule has 20 heavy (non-hydrogen) atoms. The van der Waals surface area contributed by atoms with Gasteiger partial charge in [-0.3, -0.25) is 4.79 Å². The smallest absolute Gasteiger partial charge is 0.265 e. The summed E-state index contributed by atoms with van der Waals surface area (Å²) in [7, 11) is 0. The van der Waals surface area contributed by atoms with E-state index in [0.717, 1.165) is 5.69 Å². The molecule has 0 aliphatic carbocycles. The van der Waals surface area contributed by atoms with Gasteiger partial charge in [-0.25, -0.2) is 4.98 Å². The fourth-order valence-electron chi connectivity index (χ4n) is 1.85. The molecule has 106 valence electrons. The molecular formula is C14H13BrCl2N2O. The van der Waals surface area contributed by atoms with Crippen molar-refractivity contribution in [1.82, 2.24) is 9.97 Å². The van der Waals surface area contributed by atoms with Gasteiger partial charge in [0.05, 0.1) is 5.69 Å². The number of nitrogens with zero attached hydrogens (tertiary/aromatic N) is 1. The van der Waals surface area contributed by atoms with Crippen molar-refractivity contribution >= 4 is 39.1 Å². The number of H-pyrrole nitrogens is 1. The van der Waals surface area contributed by atoms with Crippen molar-refractivity contribution in [3.05, 3.63) is 48.8 Å². The lowest BCUT2D eigenvalue weighted by Gasteiger charge is -2.09. The summed E-state index contributed by atoms with van der Waals surface area (Å²) in [6.45, 7) is 4.15. The van der Waals surface area contributed by atoms with Crippen LogP contribution in [0.2, 0.25) is 10.0 Å². The van der Waals surface area contributed by atoms with E-state index in [4.69, 9.17) is 23.2 Å². The summed E-state index contributed by atoms with van der Waals surface area (Å²) in [6.07, 6.45) is 0.714. The van der Waals surface area contributed by atoms with Gasteiger partial charge >= 0.3 is 0 Å².